The molecule has 0 fully saturated rings. The van der Waals surface area contributed by atoms with Gasteiger partial charge in [-0.2, -0.15) is 13.2 Å². The van der Waals surface area contributed by atoms with Crippen molar-refractivity contribution >= 4 is 34.0 Å². The molecule has 0 atom stereocenters. The molecule has 2 N–H and O–H groups in total. The molecular formula is C12H8F3N3O2S. The number of hydrogen-bond donors (Lipinski definition) is 2. The first-order valence-electron chi connectivity index (χ1n) is 5.55. The average molecular weight is 315 g/mol. The van der Waals surface area contributed by atoms with E-state index in [0.29, 0.717) is 0 Å². The topological polar surface area (TPSA) is 71.1 Å². The van der Waals surface area contributed by atoms with Crippen LogP contribution in [-0.4, -0.2) is 16.8 Å². The van der Waals surface area contributed by atoms with Crippen molar-refractivity contribution in [3.63, 3.8) is 0 Å². The van der Waals surface area contributed by atoms with Gasteiger partial charge in [-0.05, 0) is 18.2 Å². The first-order chi connectivity index (χ1) is 9.86. The molecule has 2 aromatic rings. The highest BCUT2D eigenvalue weighted by molar-refractivity contribution is 7.13. The van der Waals surface area contributed by atoms with Crippen LogP contribution in [0, 0.1) is 0 Å². The standard InChI is InChI=1S/C12H8F3N3O2S/c13-12(14,15)7-2-1-3-8(6-7)17-9(19)10(20)18-11-16-4-5-21-11/h1-6H,(H,17,19)(H,16,18,20). The number of nitrogens with zero attached hydrogens (tertiary/aromatic N) is 1. The van der Waals surface area contributed by atoms with E-state index in [9.17, 15) is 22.8 Å². The number of carbonyl (C=O) groups excluding carboxylic acids is 2. The second-order valence-corrected chi connectivity index (χ2v) is 4.72. The van der Waals surface area contributed by atoms with Crippen molar-refractivity contribution in [2.24, 2.45) is 0 Å². The molecule has 2 rings (SSSR count). The lowest BCUT2D eigenvalue weighted by atomic mass is 10.2. The van der Waals surface area contributed by atoms with Gasteiger partial charge in [0.1, 0.15) is 0 Å². The van der Waals surface area contributed by atoms with Crippen LogP contribution in [0.4, 0.5) is 24.0 Å². The first kappa shape index (κ1) is 15.0. The van der Waals surface area contributed by atoms with Gasteiger partial charge in [0, 0.05) is 17.3 Å². The highest BCUT2D eigenvalue weighted by Gasteiger charge is 2.30. The highest BCUT2D eigenvalue weighted by atomic mass is 32.1. The van der Waals surface area contributed by atoms with E-state index in [2.05, 4.69) is 15.6 Å². The summed E-state index contributed by atoms with van der Waals surface area (Å²) in [6.45, 7) is 0. The van der Waals surface area contributed by atoms with Gasteiger partial charge in [0.25, 0.3) is 0 Å². The average Bonchev–Trinajstić information content (AvgIpc) is 2.91. The van der Waals surface area contributed by atoms with Crippen molar-refractivity contribution in [2.45, 2.75) is 6.18 Å². The molecule has 0 aliphatic heterocycles. The minimum Gasteiger partial charge on any atom is -0.318 e. The van der Waals surface area contributed by atoms with Crippen LogP contribution in [0.2, 0.25) is 0 Å². The van der Waals surface area contributed by atoms with Crippen molar-refractivity contribution in [2.75, 3.05) is 10.6 Å². The maximum absolute atomic E-state index is 12.5. The summed E-state index contributed by atoms with van der Waals surface area (Å²) < 4.78 is 37.6. The molecule has 0 saturated heterocycles. The largest absolute Gasteiger partial charge is 0.416 e. The van der Waals surface area contributed by atoms with Crippen LogP contribution in [0.5, 0.6) is 0 Å². The first-order valence-corrected chi connectivity index (χ1v) is 6.43. The van der Waals surface area contributed by atoms with Gasteiger partial charge < -0.3 is 5.32 Å². The molecule has 0 saturated carbocycles. The Morgan fingerprint density at radius 3 is 2.48 bits per heavy atom. The highest BCUT2D eigenvalue weighted by Crippen LogP contribution is 2.30. The predicted octanol–water partition coefficient (Wildman–Crippen LogP) is 2.74. The Kier molecular flexibility index (Phi) is 4.22. The molecule has 1 heterocycles. The lowest BCUT2D eigenvalue weighted by Gasteiger charge is -2.09. The van der Waals surface area contributed by atoms with E-state index in [-0.39, 0.29) is 10.8 Å². The molecule has 21 heavy (non-hydrogen) atoms. The van der Waals surface area contributed by atoms with Crippen LogP contribution in [0.15, 0.2) is 35.8 Å². The minimum atomic E-state index is -4.52. The zero-order valence-electron chi connectivity index (χ0n) is 10.3. The Bertz CT molecular complexity index is 656. The van der Waals surface area contributed by atoms with E-state index in [4.69, 9.17) is 0 Å². The van der Waals surface area contributed by atoms with E-state index >= 15 is 0 Å². The Morgan fingerprint density at radius 2 is 1.86 bits per heavy atom. The Balaban J connectivity index is 2.04. The number of rotatable bonds is 2. The van der Waals surface area contributed by atoms with Gasteiger partial charge in [-0.25, -0.2) is 4.98 Å². The Hall–Kier alpha value is -2.42. The minimum absolute atomic E-state index is 0.121. The maximum Gasteiger partial charge on any atom is 0.416 e. The molecule has 110 valence electrons. The zero-order valence-corrected chi connectivity index (χ0v) is 11.1. The smallest absolute Gasteiger partial charge is 0.318 e. The third kappa shape index (κ3) is 4.02. The molecular weight excluding hydrogens is 307 g/mol. The second-order valence-electron chi connectivity index (χ2n) is 3.82. The summed E-state index contributed by atoms with van der Waals surface area (Å²) in [5.74, 6) is -2.09. The summed E-state index contributed by atoms with van der Waals surface area (Å²) in [5, 5.41) is 6.13. The van der Waals surface area contributed by atoms with Crippen LogP contribution in [0.1, 0.15) is 5.56 Å². The lowest BCUT2D eigenvalue weighted by Crippen LogP contribution is -2.29. The Morgan fingerprint density at radius 1 is 1.14 bits per heavy atom. The number of benzene rings is 1. The van der Waals surface area contributed by atoms with Crippen LogP contribution >= 0.6 is 11.3 Å². The summed E-state index contributed by atoms with van der Waals surface area (Å²) >= 11 is 1.11. The van der Waals surface area contributed by atoms with E-state index in [0.717, 1.165) is 29.5 Å². The number of alkyl halides is 3. The number of nitrogens with one attached hydrogen (secondary N) is 2. The zero-order chi connectivity index (χ0) is 15.5. The summed E-state index contributed by atoms with van der Waals surface area (Å²) in [7, 11) is 0. The molecule has 0 aliphatic rings. The molecule has 5 nitrogen and oxygen atoms in total. The molecule has 0 spiro atoms. The van der Waals surface area contributed by atoms with Gasteiger partial charge in [-0.15, -0.1) is 11.3 Å². The SMILES string of the molecule is O=C(Nc1cccc(C(F)(F)F)c1)C(=O)Nc1nccs1. The van der Waals surface area contributed by atoms with Gasteiger partial charge in [0.2, 0.25) is 0 Å². The van der Waals surface area contributed by atoms with Crippen molar-refractivity contribution < 1.29 is 22.8 Å². The van der Waals surface area contributed by atoms with Gasteiger partial charge in [-0.3, -0.25) is 14.9 Å². The summed E-state index contributed by atoms with van der Waals surface area (Å²) in [6.07, 6.45) is -3.09. The number of carbonyl (C=O) groups is 2. The third-order valence-electron chi connectivity index (χ3n) is 2.31. The predicted molar refractivity (Wildman–Crippen MR) is 70.8 cm³/mol. The summed E-state index contributed by atoms with van der Waals surface area (Å²) in [5.41, 5.74) is -1.04. The monoisotopic (exact) mass is 315 g/mol. The van der Waals surface area contributed by atoms with Crippen LogP contribution in [0.3, 0.4) is 0 Å². The molecule has 0 bridgehead atoms. The normalized spacial score (nSPS) is 11.0. The third-order valence-corrected chi connectivity index (χ3v) is 3.00. The summed E-state index contributed by atoms with van der Waals surface area (Å²) in [6, 6.07) is 4.00. The van der Waals surface area contributed by atoms with Crippen LogP contribution in [-0.2, 0) is 15.8 Å². The quantitative estimate of drug-likeness (QED) is 0.837. The van der Waals surface area contributed by atoms with E-state index in [1.54, 1.807) is 5.38 Å². The van der Waals surface area contributed by atoms with Gasteiger partial charge in [-0.1, -0.05) is 6.07 Å². The molecule has 0 unspecified atom stereocenters. The number of thiazole rings is 1. The summed E-state index contributed by atoms with van der Waals surface area (Å²) in [4.78, 5) is 26.8. The van der Waals surface area contributed by atoms with E-state index < -0.39 is 23.6 Å². The van der Waals surface area contributed by atoms with Crippen molar-refractivity contribution in [1.82, 2.24) is 4.98 Å². The van der Waals surface area contributed by atoms with E-state index in [1.807, 2.05) is 0 Å². The molecule has 9 heteroatoms. The van der Waals surface area contributed by atoms with E-state index in [1.165, 1.54) is 12.3 Å². The number of hydrogen-bond acceptors (Lipinski definition) is 4. The number of anilines is 2. The fraction of sp³-hybridized carbons (Fsp3) is 0.0833. The van der Waals surface area contributed by atoms with Crippen molar-refractivity contribution in [3.8, 4) is 0 Å². The molecule has 2 amide bonds. The molecule has 1 aromatic heterocycles. The second kappa shape index (κ2) is 5.92. The van der Waals surface area contributed by atoms with Crippen molar-refractivity contribution in [1.29, 1.82) is 0 Å². The fourth-order valence-corrected chi connectivity index (χ4v) is 1.92. The van der Waals surface area contributed by atoms with Gasteiger partial charge in [0.15, 0.2) is 5.13 Å². The fourth-order valence-electron chi connectivity index (χ4n) is 1.40. The van der Waals surface area contributed by atoms with Crippen LogP contribution < -0.4 is 10.6 Å². The molecule has 1 aromatic carbocycles. The number of aromatic nitrogens is 1. The van der Waals surface area contributed by atoms with Gasteiger partial charge >= 0.3 is 18.0 Å². The molecule has 0 aliphatic carbocycles. The number of amides is 2. The van der Waals surface area contributed by atoms with Crippen molar-refractivity contribution in [3.05, 3.63) is 41.4 Å². The maximum atomic E-state index is 12.5. The van der Waals surface area contributed by atoms with Gasteiger partial charge in [0.05, 0.1) is 5.56 Å². The number of halogens is 3. The lowest BCUT2D eigenvalue weighted by molar-refractivity contribution is -0.137. The van der Waals surface area contributed by atoms with Crippen LogP contribution in [0.25, 0.3) is 0 Å². The molecule has 0 radical (unpaired) electrons. The Labute approximate surface area is 120 Å².